The molecule has 0 amide bonds. The number of aliphatic imine (C=N–C) groups is 1. The van der Waals surface area contributed by atoms with E-state index in [1.54, 1.807) is 0 Å². The van der Waals surface area contributed by atoms with Crippen molar-refractivity contribution < 1.29 is 0 Å². The van der Waals surface area contributed by atoms with Gasteiger partial charge in [0, 0.05) is 12.5 Å². The fraction of sp³-hybridized carbons (Fsp3) is 0.389. The molecule has 194 valence electrons. The van der Waals surface area contributed by atoms with E-state index in [2.05, 4.69) is 127 Å². The molecule has 37 heavy (non-hydrogen) atoms. The van der Waals surface area contributed by atoms with Crippen molar-refractivity contribution in [2.24, 2.45) is 10.9 Å². The number of benzene rings is 2. The first-order valence-electron chi connectivity index (χ1n) is 13.9. The van der Waals surface area contributed by atoms with Gasteiger partial charge in [0.2, 0.25) is 0 Å². The average Bonchev–Trinajstić information content (AvgIpc) is 2.89. The summed E-state index contributed by atoms with van der Waals surface area (Å²) in [5.41, 5.74) is 11.9. The van der Waals surface area contributed by atoms with Crippen LogP contribution in [-0.2, 0) is 11.8 Å². The Balaban J connectivity index is 1.76. The molecule has 0 aliphatic heterocycles. The Labute approximate surface area is 226 Å². The van der Waals surface area contributed by atoms with Gasteiger partial charge < -0.3 is 0 Å². The van der Waals surface area contributed by atoms with Crippen LogP contribution in [0.5, 0.6) is 0 Å². The molecule has 0 saturated heterocycles. The SMILES string of the molecule is C=C=CCCc1ccc(C(CCC(C)C)CN=C2C=CC(c3ccc(C(C)(C)C)cc3)=C/C2=C/C)cc1. The molecular formula is C36H45N. The molecule has 2 aromatic rings. The molecule has 0 heterocycles. The predicted molar refractivity (Wildman–Crippen MR) is 164 cm³/mol. The Morgan fingerprint density at radius 3 is 2.24 bits per heavy atom. The van der Waals surface area contributed by atoms with Crippen molar-refractivity contribution in [3.8, 4) is 0 Å². The van der Waals surface area contributed by atoms with Crippen LogP contribution in [0.25, 0.3) is 5.57 Å². The molecule has 1 unspecified atom stereocenters. The van der Waals surface area contributed by atoms with E-state index in [4.69, 9.17) is 4.99 Å². The van der Waals surface area contributed by atoms with Crippen molar-refractivity contribution >= 4 is 11.3 Å². The highest BCUT2D eigenvalue weighted by molar-refractivity contribution is 6.14. The maximum atomic E-state index is 5.14. The monoisotopic (exact) mass is 491 g/mol. The van der Waals surface area contributed by atoms with Crippen molar-refractivity contribution in [1.29, 1.82) is 0 Å². The van der Waals surface area contributed by atoms with Crippen LogP contribution in [0, 0.1) is 5.92 Å². The van der Waals surface area contributed by atoms with E-state index in [0.29, 0.717) is 11.8 Å². The lowest BCUT2D eigenvalue weighted by atomic mass is 9.85. The summed E-state index contributed by atoms with van der Waals surface area (Å²) in [5.74, 6) is 1.12. The first kappa shape index (κ1) is 28.4. The standard InChI is InChI=1S/C36H45N/c1-8-10-11-12-28-14-17-31(18-15-28)33(16-13-27(3)4)26-37-35-24-21-32(25-29(35)9-2)30-19-22-34(23-20-30)36(5,6)7/h9-10,14-15,17-25,27,33H,1,11-13,16,26H2,2-7H3/b29-9-,37-35?. The summed E-state index contributed by atoms with van der Waals surface area (Å²) in [6, 6.07) is 18.2. The van der Waals surface area contributed by atoms with E-state index in [-0.39, 0.29) is 5.41 Å². The predicted octanol–water partition coefficient (Wildman–Crippen LogP) is 9.82. The number of hydrogen-bond donors (Lipinski definition) is 0. The minimum absolute atomic E-state index is 0.166. The third-order valence-corrected chi connectivity index (χ3v) is 7.17. The number of nitrogens with zero attached hydrogens (tertiary/aromatic N) is 1. The molecule has 3 rings (SSSR count). The molecule has 0 spiro atoms. The Hall–Kier alpha value is -3.15. The molecule has 1 aliphatic rings. The van der Waals surface area contributed by atoms with Crippen molar-refractivity contribution in [3.63, 3.8) is 0 Å². The fourth-order valence-electron chi connectivity index (χ4n) is 4.68. The van der Waals surface area contributed by atoms with E-state index in [9.17, 15) is 0 Å². The highest BCUT2D eigenvalue weighted by Gasteiger charge is 2.16. The van der Waals surface area contributed by atoms with E-state index in [1.807, 2.05) is 6.08 Å². The summed E-state index contributed by atoms with van der Waals surface area (Å²) < 4.78 is 0. The maximum absolute atomic E-state index is 5.14. The van der Waals surface area contributed by atoms with Crippen LogP contribution in [0.2, 0.25) is 0 Å². The Morgan fingerprint density at radius 1 is 0.946 bits per heavy atom. The van der Waals surface area contributed by atoms with Crippen LogP contribution in [0.15, 0.2) is 102 Å². The summed E-state index contributed by atoms with van der Waals surface area (Å²) >= 11 is 0. The zero-order valence-electron chi connectivity index (χ0n) is 23.9. The van der Waals surface area contributed by atoms with Crippen LogP contribution < -0.4 is 0 Å². The van der Waals surface area contributed by atoms with Gasteiger partial charge in [0.15, 0.2) is 0 Å². The third kappa shape index (κ3) is 8.44. The van der Waals surface area contributed by atoms with Gasteiger partial charge in [0.05, 0.1) is 5.71 Å². The number of hydrogen-bond acceptors (Lipinski definition) is 1. The minimum atomic E-state index is 0.166. The molecule has 0 saturated carbocycles. The summed E-state index contributed by atoms with van der Waals surface area (Å²) in [5, 5.41) is 0. The van der Waals surface area contributed by atoms with Gasteiger partial charge in [-0.05, 0) is 89.1 Å². The van der Waals surface area contributed by atoms with Gasteiger partial charge in [-0.25, -0.2) is 0 Å². The quantitative estimate of drug-likeness (QED) is 0.293. The summed E-state index contributed by atoms with van der Waals surface area (Å²) in [4.78, 5) is 5.14. The van der Waals surface area contributed by atoms with Gasteiger partial charge in [-0.1, -0.05) is 108 Å². The molecule has 0 fully saturated rings. The zero-order valence-corrected chi connectivity index (χ0v) is 23.9. The molecule has 1 heteroatoms. The van der Waals surface area contributed by atoms with Crippen LogP contribution in [0.1, 0.15) is 89.0 Å². The van der Waals surface area contributed by atoms with Gasteiger partial charge in [-0.2, -0.15) is 0 Å². The van der Waals surface area contributed by atoms with Crippen molar-refractivity contribution in [1.82, 2.24) is 0 Å². The lowest BCUT2D eigenvalue weighted by Gasteiger charge is -2.20. The van der Waals surface area contributed by atoms with Crippen LogP contribution >= 0.6 is 0 Å². The highest BCUT2D eigenvalue weighted by atomic mass is 14.7. The number of aryl methyl sites for hydroxylation is 1. The van der Waals surface area contributed by atoms with Crippen LogP contribution in [0.4, 0.5) is 0 Å². The largest absolute Gasteiger partial charge is 0.284 e. The number of rotatable bonds is 10. The van der Waals surface area contributed by atoms with Crippen LogP contribution in [-0.4, -0.2) is 12.3 Å². The summed E-state index contributed by atoms with van der Waals surface area (Å²) in [6.07, 6.45) is 15.3. The molecule has 1 atom stereocenters. The second-order valence-corrected chi connectivity index (χ2v) is 11.6. The van der Waals surface area contributed by atoms with Crippen molar-refractivity contribution in [2.45, 2.75) is 78.6 Å². The summed E-state index contributed by atoms with van der Waals surface area (Å²) in [6.45, 7) is 18.0. The Kier molecular flexibility index (Phi) is 10.3. The first-order valence-corrected chi connectivity index (χ1v) is 13.9. The van der Waals surface area contributed by atoms with Gasteiger partial charge in [-0.15, -0.1) is 5.73 Å². The van der Waals surface area contributed by atoms with Crippen molar-refractivity contribution in [2.75, 3.05) is 6.54 Å². The third-order valence-electron chi connectivity index (χ3n) is 7.17. The molecule has 0 aromatic heterocycles. The minimum Gasteiger partial charge on any atom is -0.284 e. The average molecular weight is 492 g/mol. The molecule has 1 nitrogen and oxygen atoms in total. The normalized spacial score (nSPS) is 16.7. The highest BCUT2D eigenvalue weighted by Crippen LogP contribution is 2.29. The van der Waals surface area contributed by atoms with E-state index in [1.165, 1.54) is 39.8 Å². The molecule has 1 aliphatic carbocycles. The molecule has 2 aromatic carbocycles. The van der Waals surface area contributed by atoms with Gasteiger partial charge in [0.1, 0.15) is 0 Å². The van der Waals surface area contributed by atoms with Gasteiger partial charge in [0.25, 0.3) is 0 Å². The summed E-state index contributed by atoms with van der Waals surface area (Å²) in [7, 11) is 0. The fourth-order valence-corrected chi connectivity index (χ4v) is 4.68. The first-order chi connectivity index (χ1) is 17.7. The lowest BCUT2D eigenvalue weighted by molar-refractivity contribution is 0.504. The maximum Gasteiger partial charge on any atom is 0.0643 e. The van der Waals surface area contributed by atoms with E-state index < -0.39 is 0 Å². The van der Waals surface area contributed by atoms with Crippen molar-refractivity contribution in [3.05, 3.63) is 119 Å². The molecule has 0 bridgehead atoms. The lowest BCUT2D eigenvalue weighted by Crippen LogP contribution is -2.11. The van der Waals surface area contributed by atoms with Crippen LogP contribution in [0.3, 0.4) is 0 Å². The second kappa shape index (κ2) is 13.4. The topological polar surface area (TPSA) is 12.4 Å². The number of allylic oxidation sites excluding steroid dienone is 7. The Bertz CT molecular complexity index is 1180. The van der Waals surface area contributed by atoms with Gasteiger partial charge >= 0.3 is 0 Å². The smallest absolute Gasteiger partial charge is 0.0643 e. The van der Waals surface area contributed by atoms with E-state index in [0.717, 1.165) is 31.5 Å². The second-order valence-electron chi connectivity index (χ2n) is 11.6. The molecule has 0 N–H and O–H groups in total. The molecule has 0 radical (unpaired) electrons. The Morgan fingerprint density at radius 2 is 1.65 bits per heavy atom. The van der Waals surface area contributed by atoms with E-state index >= 15 is 0 Å². The van der Waals surface area contributed by atoms with Gasteiger partial charge in [-0.3, -0.25) is 4.99 Å². The molecular weight excluding hydrogens is 446 g/mol. The zero-order chi connectivity index (χ0) is 26.8.